The lowest BCUT2D eigenvalue weighted by molar-refractivity contribution is 0.0959. The van der Waals surface area contributed by atoms with Crippen LogP contribution in [-0.2, 0) is 0 Å². The molecule has 0 saturated carbocycles. The van der Waals surface area contributed by atoms with Gasteiger partial charge in [-0.25, -0.2) is 18.7 Å². The summed E-state index contributed by atoms with van der Waals surface area (Å²) in [6.07, 6.45) is 4.73. The van der Waals surface area contributed by atoms with Crippen LogP contribution in [-0.4, -0.2) is 46.0 Å². The number of carbonyl (C=O) groups is 1. The Bertz CT molecular complexity index is 1390. The van der Waals surface area contributed by atoms with Crippen molar-refractivity contribution in [1.29, 1.82) is 0 Å². The van der Waals surface area contributed by atoms with E-state index < -0.39 is 17.5 Å². The number of nitrogens with one attached hydrogen (secondary N) is 1. The molecule has 10 heteroatoms. The van der Waals surface area contributed by atoms with Gasteiger partial charge in [0, 0.05) is 55.6 Å². The number of halogens is 3. The Balaban J connectivity index is 1.41. The minimum Gasteiger partial charge on any atom is -0.355 e. The summed E-state index contributed by atoms with van der Waals surface area (Å²) < 4.78 is 27.8. The Hall–Kier alpha value is -3.72. The molecule has 7 nitrogen and oxygen atoms in total. The molecule has 2 aromatic heterocycles. The van der Waals surface area contributed by atoms with Crippen molar-refractivity contribution in [1.82, 2.24) is 25.3 Å². The third-order valence-corrected chi connectivity index (χ3v) is 5.89. The average molecular weight is 467 g/mol. The van der Waals surface area contributed by atoms with E-state index in [1.165, 1.54) is 31.3 Å². The summed E-state index contributed by atoms with van der Waals surface area (Å²) in [5, 5.41) is 3.01. The summed E-state index contributed by atoms with van der Waals surface area (Å²) in [7, 11) is 1.45. The first kappa shape index (κ1) is 21.1. The van der Waals surface area contributed by atoms with Gasteiger partial charge in [-0.3, -0.25) is 14.8 Å². The Morgan fingerprint density at radius 3 is 2.67 bits per heavy atom. The maximum Gasteiger partial charge on any atom is 0.254 e. The fourth-order valence-electron chi connectivity index (χ4n) is 3.83. The van der Waals surface area contributed by atoms with E-state index in [-0.39, 0.29) is 16.5 Å². The van der Waals surface area contributed by atoms with Gasteiger partial charge in [0.15, 0.2) is 0 Å². The monoisotopic (exact) mass is 466 g/mol. The third-order valence-electron chi connectivity index (χ3n) is 5.60. The molecule has 3 heterocycles. The number of anilines is 1. The zero-order valence-corrected chi connectivity index (χ0v) is 18.1. The lowest BCUT2D eigenvalue weighted by atomic mass is 9.92. The van der Waals surface area contributed by atoms with Crippen LogP contribution in [0, 0.1) is 11.6 Å². The van der Waals surface area contributed by atoms with E-state index in [1.807, 2.05) is 4.90 Å². The van der Waals surface area contributed by atoms with Crippen LogP contribution in [0.4, 0.5) is 14.7 Å². The van der Waals surface area contributed by atoms with E-state index in [0.717, 1.165) is 5.69 Å². The number of fused-ring (bicyclic) bond motifs is 1. The van der Waals surface area contributed by atoms with E-state index >= 15 is 0 Å². The molecule has 1 N–H and O–H groups in total. The van der Waals surface area contributed by atoms with Crippen LogP contribution < -0.4 is 10.2 Å². The summed E-state index contributed by atoms with van der Waals surface area (Å²) >= 11 is 5.88. The number of benzene rings is 2. The van der Waals surface area contributed by atoms with Gasteiger partial charge in [0.1, 0.15) is 11.6 Å². The van der Waals surface area contributed by atoms with Crippen LogP contribution >= 0.6 is 11.6 Å². The second kappa shape index (κ2) is 8.32. The van der Waals surface area contributed by atoms with Gasteiger partial charge in [-0.15, -0.1) is 0 Å². The first-order valence-corrected chi connectivity index (χ1v) is 10.5. The number of rotatable bonds is 4. The molecule has 2 aromatic carbocycles. The molecule has 33 heavy (non-hydrogen) atoms. The summed E-state index contributed by atoms with van der Waals surface area (Å²) in [5.74, 6) is -1.08. The number of carbonyl (C=O) groups excluding carboxylic acids is 1. The minimum atomic E-state index is -0.605. The summed E-state index contributed by atoms with van der Waals surface area (Å²) in [5.41, 5.74) is 2.45. The quantitative estimate of drug-likeness (QED) is 0.490. The number of amides is 1. The van der Waals surface area contributed by atoms with Gasteiger partial charge in [-0.05, 0) is 30.3 Å². The number of hydrogen-bond acceptors (Lipinski definition) is 6. The van der Waals surface area contributed by atoms with Gasteiger partial charge in [0.05, 0.1) is 27.5 Å². The highest BCUT2D eigenvalue weighted by molar-refractivity contribution is 6.31. The highest BCUT2D eigenvalue weighted by Crippen LogP contribution is 2.34. The van der Waals surface area contributed by atoms with Crippen molar-refractivity contribution >= 4 is 34.4 Å². The topological polar surface area (TPSA) is 83.9 Å². The van der Waals surface area contributed by atoms with Crippen LogP contribution in [0.15, 0.2) is 48.9 Å². The number of hydrogen-bond donors (Lipinski definition) is 1. The molecule has 0 spiro atoms. The molecule has 0 radical (unpaired) electrons. The maximum absolute atomic E-state index is 14.1. The molecule has 1 aliphatic rings. The van der Waals surface area contributed by atoms with Crippen molar-refractivity contribution in [2.45, 2.75) is 5.92 Å². The summed E-state index contributed by atoms with van der Waals surface area (Å²) in [6, 6.07) is 7.10. The smallest absolute Gasteiger partial charge is 0.254 e. The van der Waals surface area contributed by atoms with E-state index in [4.69, 9.17) is 11.6 Å². The van der Waals surface area contributed by atoms with Crippen LogP contribution in [0.1, 0.15) is 22.0 Å². The van der Waals surface area contributed by atoms with Crippen LogP contribution in [0.3, 0.4) is 0 Å². The molecule has 1 aliphatic heterocycles. The summed E-state index contributed by atoms with van der Waals surface area (Å²) in [4.78, 5) is 31.8. The maximum atomic E-state index is 14.1. The van der Waals surface area contributed by atoms with Gasteiger partial charge in [0.2, 0.25) is 5.95 Å². The van der Waals surface area contributed by atoms with Crippen molar-refractivity contribution in [2.24, 2.45) is 0 Å². The molecule has 166 valence electrons. The lowest BCUT2D eigenvalue weighted by Crippen LogP contribution is -2.46. The minimum absolute atomic E-state index is 0.00765. The SMILES string of the molecule is CNC(=O)c1cc(-c2nccnc2C2CN(c3ncc4cc(F)c(Cl)cc4n3)C2)ccc1F. The van der Waals surface area contributed by atoms with Crippen LogP contribution in [0.5, 0.6) is 0 Å². The Kier molecular flexibility index (Phi) is 5.33. The first-order valence-electron chi connectivity index (χ1n) is 10.1. The predicted molar refractivity (Wildman–Crippen MR) is 120 cm³/mol. The Morgan fingerprint density at radius 2 is 1.88 bits per heavy atom. The largest absolute Gasteiger partial charge is 0.355 e. The van der Waals surface area contributed by atoms with E-state index in [2.05, 4.69) is 25.3 Å². The van der Waals surface area contributed by atoms with Gasteiger partial charge < -0.3 is 10.2 Å². The van der Waals surface area contributed by atoms with Gasteiger partial charge in [-0.2, -0.15) is 0 Å². The second-order valence-electron chi connectivity index (χ2n) is 7.66. The molecular weight excluding hydrogens is 450 g/mol. The van der Waals surface area contributed by atoms with Gasteiger partial charge >= 0.3 is 0 Å². The lowest BCUT2D eigenvalue weighted by Gasteiger charge is -2.39. The highest BCUT2D eigenvalue weighted by atomic mass is 35.5. The molecular formula is C23H17ClF2N6O. The zero-order valence-electron chi connectivity index (χ0n) is 17.4. The average Bonchev–Trinajstić information content (AvgIpc) is 2.79. The fraction of sp³-hybridized carbons (Fsp3) is 0.174. The summed E-state index contributed by atoms with van der Waals surface area (Å²) in [6.45, 7) is 1.19. The van der Waals surface area contributed by atoms with Crippen LogP contribution in [0.2, 0.25) is 5.02 Å². The number of nitrogens with zero attached hydrogens (tertiary/aromatic N) is 5. The molecule has 1 fully saturated rings. The van der Waals surface area contributed by atoms with Crippen molar-refractivity contribution in [3.63, 3.8) is 0 Å². The standard InChI is InChI=1S/C23H17ClF2N6O/c1-27-22(33)15-6-12(2-3-17(15)25)20-21(29-5-4-28-20)14-10-32(11-14)23-30-9-13-7-18(26)16(24)8-19(13)31-23/h2-9,14H,10-11H2,1H3,(H,27,33). The Morgan fingerprint density at radius 1 is 1.09 bits per heavy atom. The van der Waals surface area contributed by atoms with Crippen molar-refractivity contribution in [3.8, 4) is 11.3 Å². The fourth-order valence-corrected chi connectivity index (χ4v) is 3.99. The molecule has 0 unspecified atom stereocenters. The molecule has 5 rings (SSSR count). The van der Waals surface area contributed by atoms with Gasteiger partial charge in [-0.1, -0.05) is 11.6 Å². The molecule has 1 saturated heterocycles. The van der Waals surface area contributed by atoms with Crippen molar-refractivity contribution < 1.29 is 13.6 Å². The number of aromatic nitrogens is 4. The Labute approximate surface area is 192 Å². The highest BCUT2D eigenvalue weighted by Gasteiger charge is 2.33. The van der Waals surface area contributed by atoms with E-state index in [1.54, 1.807) is 24.7 Å². The molecule has 0 aliphatic carbocycles. The molecule has 1 amide bonds. The molecule has 0 atom stereocenters. The third kappa shape index (κ3) is 3.84. The van der Waals surface area contributed by atoms with Gasteiger partial charge in [0.25, 0.3) is 5.91 Å². The molecule has 0 bridgehead atoms. The second-order valence-corrected chi connectivity index (χ2v) is 8.07. The van der Waals surface area contributed by atoms with Crippen LogP contribution in [0.25, 0.3) is 22.2 Å². The predicted octanol–water partition coefficient (Wildman–Crippen LogP) is 3.98. The van der Waals surface area contributed by atoms with E-state index in [9.17, 15) is 13.6 Å². The van der Waals surface area contributed by atoms with Crippen molar-refractivity contribution in [2.75, 3.05) is 25.0 Å². The van der Waals surface area contributed by atoms with Crippen molar-refractivity contribution in [3.05, 3.63) is 76.8 Å². The zero-order chi connectivity index (χ0) is 23.1. The molecule has 4 aromatic rings. The van der Waals surface area contributed by atoms with E-state index in [0.29, 0.717) is 41.2 Å². The normalized spacial score (nSPS) is 13.8. The first-order chi connectivity index (χ1) is 15.9.